The molecule has 204 valence electrons. The van der Waals surface area contributed by atoms with Gasteiger partial charge in [-0.25, -0.2) is 9.18 Å². The maximum absolute atomic E-state index is 14.1. The van der Waals surface area contributed by atoms with Gasteiger partial charge in [-0.05, 0) is 92.4 Å². The van der Waals surface area contributed by atoms with Crippen LogP contribution in [-0.2, 0) is 6.54 Å². The van der Waals surface area contributed by atoms with E-state index in [1.807, 2.05) is 13.0 Å². The van der Waals surface area contributed by atoms with Gasteiger partial charge >= 0.3 is 5.97 Å². The molecule has 0 fully saturated rings. The fourth-order valence-corrected chi connectivity index (χ4v) is 5.21. The lowest BCUT2D eigenvalue weighted by Gasteiger charge is -2.33. The van der Waals surface area contributed by atoms with E-state index >= 15 is 0 Å². The van der Waals surface area contributed by atoms with Gasteiger partial charge in [-0.1, -0.05) is 18.2 Å². The number of aryl methyl sites for hydroxylation is 1. The van der Waals surface area contributed by atoms with E-state index in [0.29, 0.717) is 23.6 Å². The smallest absolute Gasteiger partial charge is 0.345 e. The van der Waals surface area contributed by atoms with E-state index in [-0.39, 0.29) is 11.4 Å². The van der Waals surface area contributed by atoms with E-state index in [1.165, 1.54) is 18.3 Å². The summed E-state index contributed by atoms with van der Waals surface area (Å²) >= 11 is 0. The summed E-state index contributed by atoms with van der Waals surface area (Å²) in [4.78, 5) is 16.6. The minimum Gasteiger partial charge on any atom is -0.496 e. The number of methoxy groups -OCH3 is 1. The van der Waals surface area contributed by atoms with Crippen molar-refractivity contribution in [3.8, 4) is 22.6 Å². The van der Waals surface area contributed by atoms with Gasteiger partial charge in [0.15, 0.2) is 0 Å². The zero-order valence-corrected chi connectivity index (χ0v) is 23.3. The summed E-state index contributed by atoms with van der Waals surface area (Å²) in [6.07, 6.45) is 5.28. The van der Waals surface area contributed by atoms with Crippen LogP contribution in [0.4, 0.5) is 15.8 Å². The number of rotatable bonds is 7. The Bertz CT molecular complexity index is 1610. The number of hydrogen-bond donors (Lipinski definition) is 2. The number of halogens is 1. The fraction of sp³-hybridized carbons (Fsp3) is 0.212. The standard InChI is InChI=1S/C33H32FN3O3/c1-20-8-9-23(34)15-29(20)36-19-27-25(12-13-28-31(27)21(2)17-33(3,4)37-28)26-11-10-24(16-30(26)39-5)40-32(38)22-7-6-14-35-18-22/h6-18,36-37H,19H2,1-5H3. The van der Waals surface area contributed by atoms with Crippen molar-refractivity contribution in [1.82, 2.24) is 4.98 Å². The molecular formula is C33H32FN3O3. The number of anilines is 2. The Hall–Kier alpha value is -4.65. The Morgan fingerprint density at radius 3 is 2.60 bits per heavy atom. The molecule has 0 radical (unpaired) electrons. The molecule has 7 heteroatoms. The Morgan fingerprint density at radius 2 is 1.85 bits per heavy atom. The average Bonchev–Trinajstić information content (AvgIpc) is 2.93. The highest BCUT2D eigenvalue weighted by Crippen LogP contribution is 2.43. The van der Waals surface area contributed by atoms with Crippen molar-refractivity contribution >= 4 is 22.9 Å². The van der Waals surface area contributed by atoms with Gasteiger partial charge in [0.25, 0.3) is 0 Å². The minimum absolute atomic E-state index is 0.195. The third kappa shape index (κ3) is 5.54. The van der Waals surface area contributed by atoms with E-state index < -0.39 is 5.97 Å². The molecule has 0 saturated heterocycles. The predicted octanol–water partition coefficient (Wildman–Crippen LogP) is 7.64. The number of allylic oxidation sites excluding steroid dienone is 1. The summed E-state index contributed by atoms with van der Waals surface area (Å²) in [5, 5.41) is 7.07. The molecule has 6 nitrogen and oxygen atoms in total. The van der Waals surface area contributed by atoms with Crippen LogP contribution >= 0.6 is 0 Å². The second-order valence-corrected chi connectivity index (χ2v) is 10.5. The van der Waals surface area contributed by atoms with Crippen molar-refractivity contribution in [3.63, 3.8) is 0 Å². The van der Waals surface area contributed by atoms with Crippen LogP contribution in [0.3, 0.4) is 0 Å². The molecule has 4 aromatic rings. The van der Waals surface area contributed by atoms with Gasteiger partial charge < -0.3 is 20.1 Å². The van der Waals surface area contributed by atoms with Gasteiger partial charge in [0.1, 0.15) is 17.3 Å². The highest BCUT2D eigenvalue weighted by molar-refractivity contribution is 5.91. The van der Waals surface area contributed by atoms with Crippen molar-refractivity contribution in [1.29, 1.82) is 0 Å². The molecule has 0 spiro atoms. The van der Waals surface area contributed by atoms with Crippen LogP contribution in [-0.4, -0.2) is 23.6 Å². The van der Waals surface area contributed by atoms with Crippen molar-refractivity contribution < 1.29 is 18.7 Å². The molecule has 2 N–H and O–H groups in total. The summed E-state index contributed by atoms with van der Waals surface area (Å²) in [6.45, 7) is 8.79. The second-order valence-electron chi connectivity index (χ2n) is 10.5. The predicted molar refractivity (Wildman–Crippen MR) is 157 cm³/mol. The van der Waals surface area contributed by atoms with Crippen LogP contribution < -0.4 is 20.1 Å². The Balaban J connectivity index is 1.56. The summed E-state index contributed by atoms with van der Waals surface area (Å²) in [5.41, 5.74) is 7.96. The highest BCUT2D eigenvalue weighted by Gasteiger charge is 2.27. The number of esters is 1. The number of fused-ring (bicyclic) bond motifs is 1. The topological polar surface area (TPSA) is 72.5 Å². The molecule has 5 rings (SSSR count). The number of carbonyl (C=O) groups excluding carboxylic acids is 1. The van der Waals surface area contributed by atoms with E-state index in [2.05, 4.69) is 54.6 Å². The Morgan fingerprint density at radius 1 is 1.05 bits per heavy atom. The molecule has 0 atom stereocenters. The monoisotopic (exact) mass is 537 g/mol. The fourth-order valence-electron chi connectivity index (χ4n) is 5.21. The average molecular weight is 538 g/mol. The molecule has 40 heavy (non-hydrogen) atoms. The molecule has 3 aromatic carbocycles. The first-order valence-corrected chi connectivity index (χ1v) is 13.1. The molecule has 1 aliphatic heterocycles. The number of carbonyl (C=O) groups is 1. The second kappa shape index (κ2) is 10.8. The van der Waals surface area contributed by atoms with Gasteiger partial charge in [-0.3, -0.25) is 4.98 Å². The molecule has 0 unspecified atom stereocenters. The van der Waals surface area contributed by atoms with Crippen LogP contribution in [0.2, 0.25) is 0 Å². The minimum atomic E-state index is -0.499. The number of hydrogen-bond acceptors (Lipinski definition) is 6. The van der Waals surface area contributed by atoms with E-state index in [0.717, 1.165) is 44.8 Å². The molecule has 1 aliphatic rings. The van der Waals surface area contributed by atoms with Crippen LogP contribution in [0, 0.1) is 12.7 Å². The van der Waals surface area contributed by atoms with Crippen LogP contribution in [0.1, 0.15) is 47.8 Å². The van der Waals surface area contributed by atoms with Crippen LogP contribution in [0.5, 0.6) is 11.5 Å². The zero-order valence-electron chi connectivity index (χ0n) is 23.3. The van der Waals surface area contributed by atoms with E-state index in [4.69, 9.17) is 9.47 Å². The summed E-state index contributed by atoms with van der Waals surface area (Å²) < 4.78 is 25.4. The first kappa shape index (κ1) is 26.9. The normalized spacial score (nSPS) is 13.5. The SMILES string of the molecule is COc1cc(OC(=O)c2cccnc2)ccc1-c1ccc2c(c1CNc1cc(F)ccc1C)C(C)=CC(C)(C)N2. The lowest BCUT2D eigenvalue weighted by atomic mass is 9.85. The molecule has 0 aliphatic carbocycles. The van der Waals surface area contributed by atoms with Crippen LogP contribution in [0.15, 0.2) is 79.1 Å². The Labute approximate surface area is 233 Å². The van der Waals surface area contributed by atoms with Gasteiger partial charge in [0.2, 0.25) is 0 Å². The lowest BCUT2D eigenvalue weighted by molar-refractivity contribution is 0.0734. The lowest BCUT2D eigenvalue weighted by Crippen LogP contribution is -2.32. The number of benzene rings is 3. The maximum Gasteiger partial charge on any atom is 0.345 e. The van der Waals surface area contributed by atoms with Crippen molar-refractivity contribution in [2.45, 2.75) is 39.8 Å². The summed E-state index contributed by atoms with van der Waals surface area (Å²) in [7, 11) is 1.59. The molecule has 0 bridgehead atoms. The number of pyridine rings is 1. The van der Waals surface area contributed by atoms with Crippen molar-refractivity contribution in [2.24, 2.45) is 0 Å². The molecule has 0 amide bonds. The zero-order chi connectivity index (χ0) is 28.4. The third-order valence-corrected chi connectivity index (χ3v) is 6.97. The van der Waals surface area contributed by atoms with Gasteiger partial charge in [0, 0.05) is 47.5 Å². The number of nitrogens with zero attached hydrogens (tertiary/aromatic N) is 1. The quantitative estimate of drug-likeness (QED) is 0.186. The van der Waals surface area contributed by atoms with Gasteiger partial charge in [0.05, 0.1) is 18.2 Å². The maximum atomic E-state index is 14.1. The molecule has 1 aromatic heterocycles. The largest absolute Gasteiger partial charge is 0.496 e. The van der Waals surface area contributed by atoms with Gasteiger partial charge in [-0.2, -0.15) is 0 Å². The molecule has 0 saturated carbocycles. The first-order valence-electron chi connectivity index (χ1n) is 13.1. The highest BCUT2D eigenvalue weighted by atomic mass is 19.1. The van der Waals surface area contributed by atoms with Crippen molar-refractivity contribution in [3.05, 3.63) is 107 Å². The summed E-state index contributed by atoms with van der Waals surface area (Å²) in [6, 6.07) is 17.6. The first-order chi connectivity index (χ1) is 19.1. The summed E-state index contributed by atoms with van der Waals surface area (Å²) in [5.74, 6) is 0.134. The van der Waals surface area contributed by atoms with E-state index in [1.54, 1.807) is 43.6 Å². The van der Waals surface area contributed by atoms with Gasteiger partial charge in [-0.15, -0.1) is 0 Å². The molecule has 2 heterocycles. The van der Waals surface area contributed by atoms with E-state index in [9.17, 15) is 9.18 Å². The van der Waals surface area contributed by atoms with Crippen molar-refractivity contribution in [2.75, 3.05) is 17.7 Å². The number of ether oxygens (including phenoxy) is 2. The number of aromatic nitrogens is 1. The third-order valence-electron chi connectivity index (χ3n) is 6.97. The van der Waals surface area contributed by atoms with Crippen LogP contribution in [0.25, 0.3) is 16.7 Å². The number of nitrogens with one attached hydrogen (secondary N) is 2. The molecular weight excluding hydrogens is 505 g/mol. The Kier molecular flexibility index (Phi) is 7.30.